The van der Waals surface area contributed by atoms with E-state index < -0.39 is 29.1 Å². The lowest BCUT2D eigenvalue weighted by Gasteiger charge is -2.57. The topological polar surface area (TPSA) is 101 Å². The van der Waals surface area contributed by atoms with Gasteiger partial charge in [0.25, 0.3) is 0 Å². The maximum Gasteiger partial charge on any atom is 0.306 e. The van der Waals surface area contributed by atoms with Crippen molar-refractivity contribution in [1.29, 1.82) is 0 Å². The van der Waals surface area contributed by atoms with Crippen LogP contribution in [0.25, 0.3) is 0 Å². The molecule has 4 aliphatic carbocycles. The quantitative estimate of drug-likeness (QED) is 0.542. The second-order valence-corrected chi connectivity index (χ2v) is 9.80. The summed E-state index contributed by atoms with van der Waals surface area (Å²) in [5.74, 6) is 2.04. The van der Waals surface area contributed by atoms with E-state index in [0.29, 0.717) is 19.3 Å². The van der Waals surface area contributed by atoms with Crippen LogP contribution in [-0.4, -0.2) is 39.6 Å². The van der Waals surface area contributed by atoms with E-state index in [-0.39, 0.29) is 42.3 Å². The standard InChI is InChI=1S/C24H30O6/c1-3-24(29)11-10-18-17-6-4-14-12-15(25)5-7-16(14)22(17)19(13-23(18,24)2)30-21(28)9-8-20(26)27/h1,12,16-19,22,29H,4-11,13H2,2H3,(H,26,27)/t16?,17?,18?,19-,22?,23+,24+/m1/s1. The number of carboxylic acids is 1. The van der Waals surface area contributed by atoms with Gasteiger partial charge in [0, 0.05) is 17.8 Å². The number of fused-ring (bicyclic) bond motifs is 5. The molecule has 3 fully saturated rings. The maximum atomic E-state index is 12.5. The van der Waals surface area contributed by atoms with Crippen LogP contribution in [0, 0.1) is 41.4 Å². The zero-order valence-corrected chi connectivity index (χ0v) is 17.4. The molecule has 6 nitrogen and oxygen atoms in total. The highest BCUT2D eigenvalue weighted by molar-refractivity contribution is 5.91. The SMILES string of the molecule is C#C[C@]1(O)CCC2C3CCC4=CC(=O)CCC4C3[C@H](OC(=O)CCC(=O)O)C[C@@]21C. The zero-order valence-electron chi connectivity index (χ0n) is 17.4. The van der Waals surface area contributed by atoms with Crippen molar-refractivity contribution in [3.05, 3.63) is 11.6 Å². The van der Waals surface area contributed by atoms with Gasteiger partial charge in [-0.15, -0.1) is 6.42 Å². The van der Waals surface area contributed by atoms with Gasteiger partial charge < -0.3 is 14.9 Å². The van der Waals surface area contributed by atoms with E-state index >= 15 is 0 Å². The third-order valence-electron chi connectivity index (χ3n) is 8.47. The second-order valence-electron chi connectivity index (χ2n) is 9.80. The Morgan fingerprint density at radius 3 is 2.73 bits per heavy atom. The molecule has 0 saturated heterocycles. The van der Waals surface area contributed by atoms with Crippen molar-refractivity contribution in [3.8, 4) is 12.3 Å². The van der Waals surface area contributed by atoms with E-state index in [9.17, 15) is 19.5 Å². The van der Waals surface area contributed by atoms with Gasteiger partial charge in [0.05, 0.1) is 12.8 Å². The first-order valence-corrected chi connectivity index (χ1v) is 11.0. The molecule has 0 bridgehead atoms. The molecule has 0 aromatic carbocycles. The maximum absolute atomic E-state index is 12.5. The Morgan fingerprint density at radius 1 is 1.27 bits per heavy atom. The van der Waals surface area contributed by atoms with Gasteiger partial charge in [-0.2, -0.15) is 0 Å². The van der Waals surface area contributed by atoms with Gasteiger partial charge in [-0.1, -0.05) is 18.4 Å². The highest BCUT2D eigenvalue weighted by Gasteiger charge is 2.65. The summed E-state index contributed by atoms with van der Waals surface area (Å²) in [6.07, 6.45) is 11.6. The van der Waals surface area contributed by atoms with E-state index in [1.807, 2.05) is 6.92 Å². The summed E-state index contributed by atoms with van der Waals surface area (Å²) in [5.41, 5.74) is -0.618. The molecule has 30 heavy (non-hydrogen) atoms. The van der Waals surface area contributed by atoms with E-state index in [1.165, 1.54) is 0 Å². The Hall–Kier alpha value is -2.13. The number of esters is 1. The first kappa shape index (κ1) is 21.1. The van der Waals surface area contributed by atoms with Gasteiger partial charge in [-0.25, -0.2) is 0 Å². The summed E-state index contributed by atoms with van der Waals surface area (Å²) in [4.78, 5) is 35.3. The molecular weight excluding hydrogens is 384 g/mol. The number of aliphatic carboxylic acids is 1. The van der Waals surface area contributed by atoms with Crippen LogP contribution in [0.15, 0.2) is 11.6 Å². The Kier molecular flexibility index (Phi) is 5.30. The smallest absolute Gasteiger partial charge is 0.306 e. The number of ether oxygens (including phenoxy) is 1. The molecule has 0 spiro atoms. The Labute approximate surface area is 177 Å². The van der Waals surface area contributed by atoms with Gasteiger partial charge in [0.15, 0.2) is 5.78 Å². The van der Waals surface area contributed by atoms with Crippen molar-refractivity contribution in [2.45, 2.75) is 76.4 Å². The van der Waals surface area contributed by atoms with Gasteiger partial charge >= 0.3 is 11.9 Å². The van der Waals surface area contributed by atoms with Gasteiger partial charge in [0.2, 0.25) is 0 Å². The van der Waals surface area contributed by atoms with E-state index in [4.69, 9.17) is 16.3 Å². The number of carbonyl (C=O) groups excluding carboxylic acids is 2. The summed E-state index contributed by atoms with van der Waals surface area (Å²) in [7, 11) is 0. The fraction of sp³-hybridized carbons (Fsp3) is 0.708. The molecule has 2 N–H and O–H groups in total. The third-order valence-corrected chi connectivity index (χ3v) is 8.47. The summed E-state index contributed by atoms with van der Waals surface area (Å²) in [6.45, 7) is 2.02. The van der Waals surface area contributed by atoms with E-state index in [2.05, 4.69) is 5.92 Å². The van der Waals surface area contributed by atoms with Gasteiger partial charge in [-0.3, -0.25) is 14.4 Å². The normalized spacial score (nSPS) is 42.2. The lowest BCUT2D eigenvalue weighted by atomic mass is 9.49. The number of ketones is 1. The average Bonchev–Trinajstić information content (AvgIpc) is 2.97. The van der Waals surface area contributed by atoms with E-state index in [0.717, 1.165) is 31.3 Å². The van der Waals surface area contributed by atoms with Crippen LogP contribution in [0.5, 0.6) is 0 Å². The van der Waals surface area contributed by atoms with Crippen molar-refractivity contribution in [2.24, 2.45) is 29.1 Å². The van der Waals surface area contributed by atoms with Crippen LogP contribution in [-0.2, 0) is 19.1 Å². The molecular formula is C24H30O6. The molecule has 0 radical (unpaired) electrons. The molecule has 0 aromatic rings. The average molecular weight is 414 g/mol. The molecule has 4 aliphatic rings. The van der Waals surface area contributed by atoms with Crippen molar-refractivity contribution >= 4 is 17.7 Å². The minimum Gasteiger partial charge on any atom is -0.481 e. The number of hydrogen-bond acceptors (Lipinski definition) is 5. The largest absolute Gasteiger partial charge is 0.481 e. The fourth-order valence-corrected chi connectivity index (χ4v) is 7.02. The summed E-state index contributed by atoms with van der Waals surface area (Å²) < 4.78 is 5.90. The first-order chi connectivity index (χ1) is 14.2. The molecule has 0 amide bonds. The Bertz CT molecular complexity index is 837. The third kappa shape index (κ3) is 3.28. The molecule has 4 unspecified atom stereocenters. The number of rotatable bonds is 4. The molecule has 6 heteroatoms. The molecule has 0 aliphatic heterocycles. The highest BCUT2D eigenvalue weighted by Crippen LogP contribution is 2.65. The van der Waals surface area contributed by atoms with Crippen molar-refractivity contribution in [1.82, 2.24) is 0 Å². The van der Waals surface area contributed by atoms with Crippen LogP contribution in [0.4, 0.5) is 0 Å². The molecule has 0 heterocycles. The van der Waals surface area contributed by atoms with Crippen LogP contribution in [0.1, 0.15) is 64.7 Å². The monoisotopic (exact) mass is 414 g/mol. The molecule has 0 aromatic heterocycles. The lowest BCUT2D eigenvalue weighted by Crippen LogP contribution is -2.58. The van der Waals surface area contributed by atoms with Crippen molar-refractivity contribution in [2.75, 3.05) is 0 Å². The van der Waals surface area contributed by atoms with Crippen LogP contribution < -0.4 is 0 Å². The molecule has 162 valence electrons. The number of aliphatic hydroxyl groups is 1. The number of hydrogen-bond donors (Lipinski definition) is 2. The first-order valence-electron chi connectivity index (χ1n) is 11.0. The van der Waals surface area contributed by atoms with Crippen molar-refractivity contribution < 1.29 is 29.3 Å². The van der Waals surface area contributed by atoms with Crippen LogP contribution >= 0.6 is 0 Å². The number of allylic oxidation sites excluding steroid dienone is 1. The van der Waals surface area contributed by atoms with Crippen LogP contribution in [0.2, 0.25) is 0 Å². The van der Waals surface area contributed by atoms with E-state index in [1.54, 1.807) is 6.08 Å². The summed E-state index contributed by atoms with van der Waals surface area (Å²) in [5, 5.41) is 20.1. The summed E-state index contributed by atoms with van der Waals surface area (Å²) in [6, 6.07) is 0. The predicted octanol–water partition coefficient (Wildman–Crippen LogP) is 2.88. The predicted molar refractivity (Wildman–Crippen MR) is 108 cm³/mol. The zero-order chi connectivity index (χ0) is 21.7. The number of terminal acetylenes is 1. The van der Waals surface area contributed by atoms with Gasteiger partial charge in [-0.05, 0) is 62.4 Å². The van der Waals surface area contributed by atoms with Gasteiger partial charge in [0.1, 0.15) is 11.7 Å². The fourth-order valence-electron chi connectivity index (χ4n) is 7.02. The highest BCUT2D eigenvalue weighted by atomic mass is 16.5. The lowest BCUT2D eigenvalue weighted by molar-refractivity contribution is -0.179. The number of carboxylic acid groups (broad SMARTS) is 1. The molecule has 4 rings (SSSR count). The molecule has 7 atom stereocenters. The number of carbonyl (C=O) groups is 3. The van der Waals surface area contributed by atoms with Crippen molar-refractivity contribution in [3.63, 3.8) is 0 Å². The second kappa shape index (κ2) is 7.53. The van der Waals surface area contributed by atoms with Crippen LogP contribution in [0.3, 0.4) is 0 Å². The Morgan fingerprint density at radius 2 is 2.03 bits per heavy atom. The minimum absolute atomic E-state index is 0.0880. The summed E-state index contributed by atoms with van der Waals surface area (Å²) >= 11 is 0. The molecule has 3 saturated carbocycles. The Balaban J connectivity index is 1.67. The minimum atomic E-state index is -1.23.